The fourth-order valence-electron chi connectivity index (χ4n) is 4.27. The van der Waals surface area contributed by atoms with Gasteiger partial charge in [-0.25, -0.2) is 0 Å². The van der Waals surface area contributed by atoms with Gasteiger partial charge in [0.2, 0.25) is 11.8 Å². The molecular formula is C25H37N5O2S. The monoisotopic (exact) mass is 471 g/mol. The van der Waals surface area contributed by atoms with E-state index in [1.54, 1.807) is 16.7 Å². The van der Waals surface area contributed by atoms with E-state index in [1.165, 1.54) is 0 Å². The van der Waals surface area contributed by atoms with Crippen LogP contribution in [0.4, 0.5) is 0 Å². The van der Waals surface area contributed by atoms with Crippen molar-refractivity contribution in [2.45, 2.75) is 77.7 Å². The van der Waals surface area contributed by atoms with Gasteiger partial charge in [0.05, 0.1) is 0 Å². The van der Waals surface area contributed by atoms with Gasteiger partial charge in [-0.3, -0.25) is 9.59 Å². The summed E-state index contributed by atoms with van der Waals surface area (Å²) in [5.41, 5.74) is 2.28. The smallest absolute Gasteiger partial charge is 0.243 e. The first-order valence-electron chi connectivity index (χ1n) is 11.9. The van der Waals surface area contributed by atoms with Crippen LogP contribution in [0, 0.1) is 11.8 Å². The van der Waals surface area contributed by atoms with Crippen LogP contribution in [0.1, 0.15) is 57.5 Å². The lowest BCUT2D eigenvalue weighted by Gasteiger charge is -2.36. The van der Waals surface area contributed by atoms with Crippen LogP contribution in [0.15, 0.2) is 29.4 Å². The number of hydrogen-bond acceptors (Lipinski definition) is 5. The molecule has 1 N–H and O–H groups in total. The summed E-state index contributed by atoms with van der Waals surface area (Å²) in [6, 6.07) is 7.64. The van der Waals surface area contributed by atoms with Crippen molar-refractivity contribution in [1.82, 2.24) is 25.0 Å². The van der Waals surface area contributed by atoms with E-state index in [2.05, 4.69) is 46.1 Å². The number of nitrogens with zero attached hydrogens (tertiary/aromatic N) is 4. The first kappa shape index (κ1) is 25.3. The zero-order valence-corrected chi connectivity index (χ0v) is 21.3. The number of rotatable bonds is 10. The van der Waals surface area contributed by atoms with Crippen LogP contribution in [-0.4, -0.2) is 50.3 Å². The Labute approximate surface area is 201 Å². The topological polar surface area (TPSA) is 80.1 Å². The number of carbonyl (C=O) groups is 2. The molecule has 0 bridgehead atoms. The third kappa shape index (κ3) is 6.59. The van der Waals surface area contributed by atoms with Gasteiger partial charge in [0.25, 0.3) is 0 Å². The van der Waals surface area contributed by atoms with Gasteiger partial charge < -0.3 is 14.8 Å². The maximum atomic E-state index is 13.1. The fourth-order valence-corrected chi connectivity index (χ4v) is 4.79. The highest BCUT2D eigenvalue weighted by Gasteiger charge is 2.34. The molecule has 0 saturated carbocycles. The van der Waals surface area contributed by atoms with Crippen LogP contribution in [0.2, 0.25) is 0 Å². The minimum absolute atomic E-state index is 0.0473. The summed E-state index contributed by atoms with van der Waals surface area (Å²) in [7, 11) is 0. The van der Waals surface area contributed by atoms with Crippen molar-refractivity contribution in [1.29, 1.82) is 0 Å². The van der Waals surface area contributed by atoms with Crippen molar-refractivity contribution in [2.24, 2.45) is 11.8 Å². The molecule has 1 atom stereocenters. The molecule has 2 heterocycles. The van der Waals surface area contributed by atoms with E-state index in [0.29, 0.717) is 31.8 Å². The lowest BCUT2D eigenvalue weighted by Crippen LogP contribution is -2.52. The summed E-state index contributed by atoms with van der Waals surface area (Å²) >= 11 is 1.60. The number of amides is 2. The van der Waals surface area contributed by atoms with Crippen LogP contribution < -0.4 is 5.32 Å². The van der Waals surface area contributed by atoms with Crippen molar-refractivity contribution >= 4 is 23.6 Å². The van der Waals surface area contributed by atoms with E-state index < -0.39 is 6.04 Å². The van der Waals surface area contributed by atoms with Crippen LogP contribution in [-0.2, 0) is 35.5 Å². The molecule has 8 heteroatoms. The van der Waals surface area contributed by atoms with E-state index in [9.17, 15) is 9.59 Å². The minimum Gasteiger partial charge on any atom is -0.354 e. The van der Waals surface area contributed by atoms with Gasteiger partial charge in [0, 0.05) is 38.9 Å². The van der Waals surface area contributed by atoms with Gasteiger partial charge in [-0.1, -0.05) is 63.7 Å². The van der Waals surface area contributed by atoms with E-state index in [0.717, 1.165) is 41.5 Å². The molecule has 1 aliphatic heterocycles. The number of fused-ring (bicyclic) bond motifs is 1. The van der Waals surface area contributed by atoms with E-state index >= 15 is 0 Å². The molecule has 33 heavy (non-hydrogen) atoms. The molecule has 0 fully saturated rings. The van der Waals surface area contributed by atoms with Crippen molar-refractivity contribution in [2.75, 3.05) is 12.8 Å². The molecular weight excluding hydrogens is 434 g/mol. The van der Waals surface area contributed by atoms with Gasteiger partial charge in [-0.15, -0.1) is 10.2 Å². The van der Waals surface area contributed by atoms with Crippen LogP contribution in [0.25, 0.3) is 0 Å². The summed E-state index contributed by atoms with van der Waals surface area (Å²) < 4.78 is 2.18. The number of nitrogens with one attached hydrogen (secondary N) is 1. The molecule has 0 spiro atoms. The molecule has 1 aromatic carbocycles. The fraction of sp³-hybridized carbons (Fsp3) is 0.600. The first-order valence-corrected chi connectivity index (χ1v) is 13.1. The van der Waals surface area contributed by atoms with E-state index in [1.807, 2.05) is 32.2 Å². The Hall–Kier alpha value is -2.35. The van der Waals surface area contributed by atoms with Crippen molar-refractivity contribution in [3.05, 3.63) is 41.2 Å². The maximum Gasteiger partial charge on any atom is 0.243 e. The lowest BCUT2D eigenvalue weighted by atomic mass is 9.92. The molecule has 0 radical (unpaired) electrons. The molecule has 1 unspecified atom stereocenters. The Morgan fingerprint density at radius 1 is 1.12 bits per heavy atom. The van der Waals surface area contributed by atoms with Gasteiger partial charge in [0.1, 0.15) is 11.9 Å². The van der Waals surface area contributed by atoms with Gasteiger partial charge in [-0.05, 0) is 35.6 Å². The van der Waals surface area contributed by atoms with Crippen molar-refractivity contribution in [3.63, 3.8) is 0 Å². The number of benzene rings is 1. The molecule has 0 saturated heterocycles. The predicted molar refractivity (Wildman–Crippen MR) is 132 cm³/mol. The third-order valence-electron chi connectivity index (χ3n) is 5.85. The average Bonchev–Trinajstić information content (AvgIpc) is 3.15. The number of aryl methyl sites for hydroxylation is 1. The maximum absolute atomic E-state index is 13.1. The van der Waals surface area contributed by atoms with E-state index in [4.69, 9.17) is 0 Å². The highest BCUT2D eigenvalue weighted by Crippen LogP contribution is 2.25. The number of hydrogen-bond donors (Lipinski definition) is 1. The van der Waals surface area contributed by atoms with Gasteiger partial charge in [-0.2, -0.15) is 0 Å². The highest BCUT2D eigenvalue weighted by molar-refractivity contribution is 7.98. The Balaban J connectivity index is 1.61. The van der Waals surface area contributed by atoms with Crippen LogP contribution in [0.5, 0.6) is 0 Å². The van der Waals surface area contributed by atoms with Crippen molar-refractivity contribution in [3.8, 4) is 0 Å². The summed E-state index contributed by atoms with van der Waals surface area (Å²) in [6.07, 6.45) is 4.56. The second kappa shape index (κ2) is 11.7. The minimum atomic E-state index is -0.459. The normalized spacial score (nSPS) is 15.7. The zero-order chi connectivity index (χ0) is 24.0. The second-order valence-electron chi connectivity index (χ2n) is 9.61. The molecule has 1 aliphatic rings. The molecule has 2 amide bonds. The molecule has 2 aromatic rings. The number of carbonyl (C=O) groups excluding carboxylic acids is 2. The molecule has 0 aliphatic carbocycles. The third-order valence-corrected chi connectivity index (χ3v) is 6.52. The van der Waals surface area contributed by atoms with Gasteiger partial charge in [0.15, 0.2) is 5.16 Å². The van der Waals surface area contributed by atoms with Crippen molar-refractivity contribution < 1.29 is 9.59 Å². The Kier molecular flexibility index (Phi) is 8.95. The SMILES string of the molecule is CSc1nnc(CCCNC(=O)C2Cc3ccccc3CN2C(=O)CC(C)C)n1CC(C)C. The number of thioether (sulfide) groups is 1. The Morgan fingerprint density at radius 3 is 2.52 bits per heavy atom. The molecule has 7 nitrogen and oxygen atoms in total. The molecule has 1 aromatic heterocycles. The Morgan fingerprint density at radius 2 is 1.85 bits per heavy atom. The predicted octanol–water partition coefficient (Wildman–Crippen LogP) is 3.70. The number of aromatic nitrogens is 3. The average molecular weight is 472 g/mol. The summed E-state index contributed by atoms with van der Waals surface area (Å²) in [5.74, 6) is 1.70. The zero-order valence-electron chi connectivity index (χ0n) is 20.5. The second-order valence-corrected chi connectivity index (χ2v) is 10.4. The highest BCUT2D eigenvalue weighted by atomic mass is 32.2. The first-order chi connectivity index (χ1) is 15.8. The summed E-state index contributed by atoms with van der Waals surface area (Å²) in [5, 5.41) is 12.7. The summed E-state index contributed by atoms with van der Waals surface area (Å²) in [6.45, 7) is 10.4. The van der Waals surface area contributed by atoms with E-state index in [-0.39, 0.29) is 17.7 Å². The lowest BCUT2D eigenvalue weighted by molar-refractivity contribution is -0.142. The van der Waals surface area contributed by atoms with Crippen LogP contribution in [0.3, 0.4) is 0 Å². The Bertz CT molecular complexity index is 956. The standard InChI is InChI=1S/C25H37N5O2S/c1-17(2)13-23(31)29-16-20-10-7-6-9-19(20)14-21(29)24(32)26-12-8-11-22-27-28-25(33-5)30(22)15-18(3)4/h6-7,9-10,17-18,21H,8,11-16H2,1-5H3,(H,26,32). The van der Waals surface area contributed by atoms with Gasteiger partial charge >= 0.3 is 0 Å². The summed E-state index contributed by atoms with van der Waals surface area (Å²) in [4.78, 5) is 27.8. The molecule has 180 valence electrons. The molecule has 3 rings (SSSR count). The largest absolute Gasteiger partial charge is 0.354 e. The quantitative estimate of drug-likeness (QED) is 0.422. The van der Waals surface area contributed by atoms with Crippen LogP contribution >= 0.6 is 11.8 Å².